The predicted molar refractivity (Wildman–Crippen MR) is 61.8 cm³/mol. The zero-order chi connectivity index (χ0) is 10.8. The molecule has 0 bridgehead atoms. The number of ether oxygens (including phenoxy) is 1. The summed E-state index contributed by atoms with van der Waals surface area (Å²) in [6.07, 6.45) is 0. The van der Waals surface area contributed by atoms with Crippen LogP contribution in [0.2, 0.25) is 5.15 Å². The first-order valence-electron chi connectivity index (χ1n) is 3.99. The number of nitrogens with zero attached hydrogens (tertiary/aromatic N) is 1. The number of thiazole rings is 1. The van der Waals surface area contributed by atoms with E-state index in [4.69, 9.17) is 11.6 Å². The van der Waals surface area contributed by atoms with Crippen molar-refractivity contribution in [2.24, 2.45) is 0 Å². The van der Waals surface area contributed by atoms with Gasteiger partial charge < -0.3 is 4.74 Å². The van der Waals surface area contributed by atoms with Gasteiger partial charge in [0.05, 0.1) is 7.11 Å². The minimum Gasteiger partial charge on any atom is -0.465 e. The molecule has 0 aliphatic rings. The quantitative estimate of drug-likeness (QED) is 0.777. The van der Waals surface area contributed by atoms with Gasteiger partial charge in [0.1, 0.15) is 5.01 Å². The van der Waals surface area contributed by atoms with Crippen LogP contribution < -0.4 is 0 Å². The molecule has 0 unspecified atom stereocenters. The molecule has 0 N–H and O–H groups in total. The number of aromatic nitrogens is 1. The monoisotopic (exact) mass is 259 g/mol. The Bertz CT molecular complexity index is 478. The Morgan fingerprint density at radius 2 is 2.40 bits per heavy atom. The lowest BCUT2D eigenvalue weighted by Crippen LogP contribution is -1.98. The van der Waals surface area contributed by atoms with Crippen LogP contribution in [0.4, 0.5) is 0 Å². The van der Waals surface area contributed by atoms with Gasteiger partial charge >= 0.3 is 5.97 Å². The van der Waals surface area contributed by atoms with Gasteiger partial charge in [-0.15, -0.1) is 11.3 Å². The Kier molecular flexibility index (Phi) is 3.04. The van der Waals surface area contributed by atoms with Gasteiger partial charge in [0, 0.05) is 10.9 Å². The van der Waals surface area contributed by atoms with E-state index in [9.17, 15) is 4.79 Å². The van der Waals surface area contributed by atoms with Crippen LogP contribution in [-0.2, 0) is 4.74 Å². The number of rotatable bonds is 2. The van der Waals surface area contributed by atoms with Gasteiger partial charge in [-0.2, -0.15) is 11.3 Å². The highest BCUT2D eigenvalue weighted by Gasteiger charge is 2.17. The zero-order valence-corrected chi connectivity index (χ0v) is 10.1. The van der Waals surface area contributed by atoms with Crippen LogP contribution in [-0.4, -0.2) is 18.1 Å². The van der Waals surface area contributed by atoms with Gasteiger partial charge in [-0.05, 0) is 11.4 Å². The Balaban J connectivity index is 2.41. The van der Waals surface area contributed by atoms with E-state index in [0.717, 1.165) is 10.6 Å². The number of hydrogen-bond donors (Lipinski definition) is 0. The smallest absolute Gasteiger partial charge is 0.351 e. The minimum absolute atomic E-state index is 0.202. The highest BCUT2D eigenvalue weighted by atomic mass is 35.5. The third kappa shape index (κ3) is 2.04. The summed E-state index contributed by atoms with van der Waals surface area (Å²) in [5, 5.41) is 4.84. The van der Waals surface area contributed by atoms with Crippen LogP contribution in [0.1, 0.15) is 9.67 Å². The second-order valence-corrected chi connectivity index (χ2v) is 4.78. The molecule has 15 heavy (non-hydrogen) atoms. The third-order valence-corrected chi connectivity index (χ3v) is 3.88. The number of halogens is 1. The van der Waals surface area contributed by atoms with Crippen LogP contribution in [0, 0.1) is 0 Å². The third-order valence-electron chi connectivity index (χ3n) is 1.72. The molecule has 0 amide bonds. The van der Waals surface area contributed by atoms with Crippen LogP contribution >= 0.6 is 34.3 Å². The average molecular weight is 260 g/mol. The predicted octanol–water partition coefficient (Wildman–Crippen LogP) is 3.31. The van der Waals surface area contributed by atoms with E-state index < -0.39 is 5.97 Å². The van der Waals surface area contributed by atoms with E-state index in [1.165, 1.54) is 18.4 Å². The molecule has 0 atom stereocenters. The van der Waals surface area contributed by atoms with Crippen molar-refractivity contribution in [3.63, 3.8) is 0 Å². The van der Waals surface area contributed by atoms with Gasteiger partial charge in [0.15, 0.2) is 10.0 Å². The van der Waals surface area contributed by atoms with Crippen molar-refractivity contribution in [3.05, 3.63) is 26.9 Å². The van der Waals surface area contributed by atoms with Crippen molar-refractivity contribution >= 4 is 40.2 Å². The van der Waals surface area contributed by atoms with Gasteiger partial charge in [-0.1, -0.05) is 11.6 Å². The maximum atomic E-state index is 11.3. The van der Waals surface area contributed by atoms with Crippen molar-refractivity contribution in [2.45, 2.75) is 0 Å². The summed E-state index contributed by atoms with van der Waals surface area (Å²) in [6.45, 7) is 0. The highest BCUT2D eigenvalue weighted by Crippen LogP contribution is 2.32. The summed E-state index contributed by atoms with van der Waals surface area (Å²) in [5.41, 5.74) is 0.974. The molecule has 2 aromatic rings. The van der Waals surface area contributed by atoms with Crippen LogP contribution in [0.3, 0.4) is 0 Å². The summed E-state index contributed by atoms with van der Waals surface area (Å²) in [6, 6.07) is 1.93. The van der Waals surface area contributed by atoms with Crippen molar-refractivity contribution in [1.29, 1.82) is 0 Å². The molecule has 78 valence electrons. The second-order valence-electron chi connectivity index (χ2n) is 2.64. The van der Waals surface area contributed by atoms with Gasteiger partial charge in [0.2, 0.25) is 0 Å². The van der Waals surface area contributed by atoms with Gasteiger partial charge in [0.25, 0.3) is 0 Å². The molecule has 6 heteroatoms. The van der Waals surface area contributed by atoms with E-state index in [-0.39, 0.29) is 5.15 Å². The van der Waals surface area contributed by atoms with Crippen LogP contribution in [0.5, 0.6) is 0 Å². The van der Waals surface area contributed by atoms with E-state index in [0.29, 0.717) is 4.88 Å². The molecule has 2 heterocycles. The lowest BCUT2D eigenvalue weighted by atomic mass is 10.4. The molecule has 0 saturated carbocycles. The van der Waals surface area contributed by atoms with Crippen molar-refractivity contribution in [3.8, 4) is 10.6 Å². The first-order valence-corrected chi connectivity index (χ1v) is 6.13. The molecule has 0 aliphatic heterocycles. The SMILES string of the molecule is COC(=O)c1sc(-c2ccsc2)nc1Cl. The number of carbonyl (C=O) groups is 1. The maximum Gasteiger partial charge on any atom is 0.351 e. The van der Waals surface area contributed by atoms with Crippen molar-refractivity contribution in [2.75, 3.05) is 7.11 Å². The van der Waals surface area contributed by atoms with Crippen molar-refractivity contribution < 1.29 is 9.53 Å². The zero-order valence-electron chi connectivity index (χ0n) is 7.69. The number of carbonyl (C=O) groups excluding carboxylic acids is 1. The van der Waals surface area contributed by atoms with E-state index in [2.05, 4.69) is 9.72 Å². The number of thiophene rings is 1. The molecule has 0 spiro atoms. The Morgan fingerprint density at radius 1 is 1.60 bits per heavy atom. The number of hydrogen-bond acceptors (Lipinski definition) is 5. The second kappa shape index (κ2) is 4.30. The summed E-state index contributed by atoms with van der Waals surface area (Å²) in [5.74, 6) is -0.445. The van der Waals surface area contributed by atoms with Crippen molar-refractivity contribution in [1.82, 2.24) is 4.98 Å². The van der Waals surface area contributed by atoms with E-state index >= 15 is 0 Å². The molecule has 0 saturated heterocycles. The first-order chi connectivity index (χ1) is 7.22. The number of esters is 1. The molecule has 2 rings (SSSR count). The summed E-state index contributed by atoms with van der Waals surface area (Å²) in [7, 11) is 1.32. The lowest BCUT2D eigenvalue weighted by Gasteiger charge is -1.92. The van der Waals surface area contributed by atoms with E-state index in [1.807, 2.05) is 16.8 Å². The fourth-order valence-corrected chi connectivity index (χ4v) is 2.94. The highest BCUT2D eigenvalue weighted by molar-refractivity contribution is 7.17. The summed E-state index contributed by atoms with van der Waals surface area (Å²) < 4.78 is 4.60. The van der Waals surface area contributed by atoms with Gasteiger partial charge in [-0.3, -0.25) is 0 Å². The molecule has 0 radical (unpaired) electrons. The molecule has 0 aromatic carbocycles. The van der Waals surface area contributed by atoms with Crippen LogP contribution in [0.25, 0.3) is 10.6 Å². The summed E-state index contributed by atoms with van der Waals surface area (Å²) in [4.78, 5) is 15.7. The Labute approximate surface area is 99.3 Å². The molecule has 2 aromatic heterocycles. The Hall–Kier alpha value is -0.910. The fourth-order valence-electron chi connectivity index (χ4n) is 1.03. The Morgan fingerprint density at radius 3 is 3.00 bits per heavy atom. The first kappa shape index (κ1) is 10.6. The largest absolute Gasteiger partial charge is 0.465 e. The molecular weight excluding hydrogens is 254 g/mol. The molecule has 3 nitrogen and oxygen atoms in total. The number of methoxy groups -OCH3 is 1. The topological polar surface area (TPSA) is 39.2 Å². The normalized spacial score (nSPS) is 10.3. The maximum absolute atomic E-state index is 11.3. The fraction of sp³-hybridized carbons (Fsp3) is 0.111. The lowest BCUT2D eigenvalue weighted by molar-refractivity contribution is 0.0606. The minimum atomic E-state index is -0.445. The standard InChI is InChI=1S/C9H6ClNO2S2/c1-13-9(12)6-7(10)11-8(15-6)5-2-3-14-4-5/h2-4H,1H3. The molecular formula is C9H6ClNO2S2. The van der Waals surface area contributed by atoms with Crippen LogP contribution in [0.15, 0.2) is 16.8 Å². The molecule has 0 fully saturated rings. The summed E-state index contributed by atoms with van der Waals surface area (Å²) >= 11 is 8.65. The van der Waals surface area contributed by atoms with Gasteiger partial charge in [-0.25, -0.2) is 9.78 Å². The average Bonchev–Trinajstić information content (AvgIpc) is 2.84. The molecule has 0 aliphatic carbocycles. The van der Waals surface area contributed by atoms with E-state index in [1.54, 1.807) is 11.3 Å².